The summed E-state index contributed by atoms with van der Waals surface area (Å²) in [5, 5.41) is 12.0. The van der Waals surface area contributed by atoms with Crippen molar-refractivity contribution in [1.82, 2.24) is 10.2 Å². The van der Waals surface area contributed by atoms with E-state index < -0.39 is 12.0 Å². The van der Waals surface area contributed by atoms with Crippen LogP contribution in [-0.2, 0) is 4.79 Å². The van der Waals surface area contributed by atoms with Crippen LogP contribution in [0.25, 0.3) is 0 Å². The Kier molecular flexibility index (Phi) is 5.63. The number of likely N-dealkylation sites (N-methyl/N-ethyl adjacent to an activating group) is 1. The summed E-state index contributed by atoms with van der Waals surface area (Å²) in [6.45, 7) is 4.59. The number of rotatable bonds is 6. The Hall–Kier alpha value is -1.26. The highest BCUT2D eigenvalue weighted by molar-refractivity contribution is 5.82. The predicted molar refractivity (Wildman–Crippen MR) is 74.1 cm³/mol. The molecule has 1 atom stereocenters. The molecule has 110 valence electrons. The molecule has 0 radical (unpaired) electrons. The summed E-state index contributed by atoms with van der Waals surface area (Å²) >= 11 is 0. The van der Waals surface area contributed by atoms with Gasteiger partial charge in [0.15, 0.2) is 0 Å². The molecule has 0 aliphatic heterocycles. The van der Waals surface area contributed by atoms with Gasteiger partial charge in [-0.3, -0.25) is 0 Å². The Morgan fingerprint density at radius 3 is 2.32 bits per heavy atom. The molecule has 5 nitrogen and oxygen atoms in total. The molecule has 0 heterocycles. The zero-order valence-electron chi connectivity index (χ0n) is 12.2. The maximum absolute atomic E-state index is 12.0. The van der Waals surface area contributed by atoms with Crippen LogP contribution in [0.1, 0.15) is 52.4 Å². The highest BCUT2D eigenvalue weighted by Crippen LogP contribution is 2.40. The van der Waals surface area contributed by atoms with Crippen molar-refractivity contribution in [3.05, 3.63) is 0 Å². The Labute approximate surface area is 115 Å². The maximum Gasteiger partial charge on any atom is 0.326 e. The molecular formula is C14H26N2O3. The molecule has 0 bridgehead atoms. The number of carboxylic acids is 1. The average Bonchev–Trinajstić information content (AvgIpc) is 2.85. The van der Waals surface area contributed by atoms with Crippen molar-refractivity contribution in [3.63, 3.8) is 0 Å². The fourth-order valence-corrected chi connectivity index (χ4v) is 2.92. The maximum atomic E-state index is 12.0. The number of nitrogens with one attached hydrogen (secondary N) is 1. The van der Waals surface area contributed by atoms with Crippen molar-refractivity contribution in [1.29, 1.82) is 0 Å². The molecule has 0 saturated heterocycles. The van der Waals surface area contributed by atoms with Crippen LogP contribution in [0.3, 0.4) is 0 Å². The van der Waals surface area contributed by atoms with E-state index >= 15 is 0 Å². The molecule has 1 rings (SSSR count). The van der Waals surface area contributed by atoms with Crippen LogP contribution in [0.4, 0.5) is 4.79 Å². The first kappa shape index (κ1) is 15.8. The fourth-order valence-electron chi connectivity index (χ4n) is 2.92. The number of carbonyl (C=O) groups excluding carboxylic acids is 1. The fraction of sp³-hybridized carbons (Fsp3) is 0.857. The van der Waals surface area contributed by atoms with Crippen molar-refractivity contribution in [2.45, 2.75) is 58.4 Å². The van der Waals surface area contributed by atoms with Gasteiger partial charge in [0.1, 0.15) is 6.04 Å². The third-order valence-corrected chi connectivity index (χ3v) is 4.49. The van der Waals surface area contributed by atoms with E-state index in [1.807, 2.05) is 0 Å². The molecule has 1 unspecified atom stereocenters. The summed E-state index contributed by atoms with van der Waals surface area (Å²) in [7, 11) is 1.55. The molecule has 0 spiro atoms. The smallest absolute Gasteiger partial charge is 0.326 e. The standard InChI is InChI=1S/C14H26N2O3/c1-4-11(12(17)18)16(3)13(19)15-10-14(5-2)8-6-7-9-14/h11H,4-10H2,1-3H3,(H,15,19)(H,17,18). The summed E-state index contributed by atoms with van der Waals surface area (Å²) in [6, 6.07) is -1.03. The van der Waals surface area contributed by atoms with Gasteiger partial charge in [0.05, 0.1) is 0 Å². The average molecular weight is 270 g/mol. The quantitative estimate of drug-likeness (QED) is 0.779. The number of hydrogen-bond acceptors (Lipinski definition) is 2. The van der Waals surface area contributed by atoms with Gasteiger partial charge < -0.3 is 15.3 Å². The summed E-state index contributed by atoms with van der Waals surface area (Å²) < 4.78 is 0. The highest BCUT2D eigenvalue weighted by Gasteiger charge is 2.33. The zero-order chi connectivity index (χ0) is 14.5. The molecular weight excluding hydrogens is 244 g/mol. The SMILES string of the molecule is CCC(C(=O)O)N(C)C(=O)NCC1(CC)CCCC1. The lowest BCUT2D eigenvalue weighted by Crippen LogP contribution is -2.49. The third-order valence-electron chi connectivity index (χ3n) is 4.49. The molecule has 19 heavy (non-hydrogen) atoms. The summed E-state index contributed by atoms with van der Waals surface area (Å²) in [4.78, 5) is 24.3. The van der Waals surface area contributed by atoms with Crippen LogP contribution >= 0.6 is 0 Å². The van der Waals surface area contributed by atoms with E-state index in [4.69, 9.17) is 5.11 Å². The molecule has 1 saturated carbocycles. The molecule has 5 heteroatoms. The van der Waals surface area contributed by atoms with Crippen molar-refractivity contribution in [3.8, 4) is 0 Å². The van der Waals surface area contributed by atoms with Gasteiger partial charge in [-0.25, -0.2) is 9.59 Å². The number of carbonyl (C=O) groups is 2. The van der Waals surface area contributed by atoms with Crippen LogP contribution in [-0.4, -0.2) is 41.6 Å². The van der Waals surface area contributed by atoms with Gasteiger partial charge in [-0.2, -0.15) is 0 Å². The molecule has 1 fully saturated rings. The molecule has 2 amide bonds. The normalized spacial score (nSPS) is 18.9. The largest absolute Gasteiger partial charge is 0.480 e. The van der Waals surface area contributed by atoms with Gasteiger partial charge in [-0.1, -0.05) is 26.7 Å². The molecule has 2 N–H and O–H groups in total. The molecule has 1 aliphatic carbocycles. The molecule has 0 aromatic rings. The van der Waals surface area contributed by atoms with Crippen molar-refractivity contribution in [2.24, 2.45) is 5.41 Å². The van der Waals surface area contributed by atoms with Gasteiger partial charge in [0.2, 0.25) is 0 Å². The molecule has 0 aromatic heterocycles. The Morgan fingerprint density at radius 1 is 1.32 bits per heavy atom. The van der Waals surface area contributed by atoms with E-state index in [9.17, 15) is 9.59 Å². The van der Waals surface area contributed by atoms with E-state index in [2.05, 4.69) is 12.2 Å². The monoisotopic (exact) mass is 270 g/mol. The zero-order valence-corrected chi connectivity index (χ0v) is 12.2. The minimum absolute atomic E-state index is 0.224. The Balaban J connectivity index is 2.52. The number of aliphatic carboxylic acids is 1. The second kappa shape index (κ2) is 6.78. The van der Waals surface area contributed by atoms with Crippen LogP contribution in [0, 0.1) is 5.41 Å². The molecule has 1 aliphatic rings. The van der Waals surface area contributed by atoms with Crippen LogP contribution < -0.4 is 5.32 Å². The van der Waals surface area contributed by atoms with Gasteiger partial charge in [0, 0.05) is 13.6 Å². The first-order valence-electron chi connectivity index (χ1n) is 7.19. The van der Waals surface area contributed by atoms with Gasteiger partial charge >= 0.3 is 12.0 Å². The minimum Gasteiger partial charge on any atom is -0.480 e. The summed E-state index contributed by atoms with van der Waals surface area (Å²) in [5.74, 6) is -0.953. The third kappa shape index (κ3) is 3.85. The number of nitrogens with zero attached hydrogens (tertiary/aromatic N) is 1. The van der Waals surface area contributed by atoms with E-state index in [1.165, 1.54) is 17.7 Å². The topological polar surface area (TPSA) is 69.6 Å². The first-order chi connectivity index (χ1) is 8.95. The first-order valence-corrected chi connectivity index (χ1v) is 7.19. The minimum atomic E-state index is -0.953. The number of carboxylic acid groups (broad SMARTS) is 1. The van der Waals surface area contributed by atoms with Crippen LogP contribution in [0.2, 0.25) is 0 Å². The lowest BCUT2D eigenvalue weighted by molar-refractivity contribution is -0.141. The van der Waals surface area contributed by atoms with E-state index in [0.29, 0.717) is 13.0 Å². The van der Waals surface area contributed by atoms with Crippen molar-refractivity contribution in [2.75, 3.05) is 13.6 Å². The number of hydrogen-bond donors (Lipinski definition) is 2. The lowest BCUT2D eigenvalue weighted by atomic mass is 9.83. The van der Waals surface area contributed by atoms with E-state index in [1.54, 1.807) is 14.0 Å². The summed E-state index contributed by atoms with van der Waals surface area (Å²) in [6.07, 6.45) is 6.25. The Bertz CT molecular complexity index is 325. The van der Waals surface area contributed by atoms with E-state index in [0.717, 1.165) is 19.3 Å². The van der Waals surface area contributed by atoms with Crippen LogP contribution in [0.5, 0.6) is 0 Å². The van der Waals surface area contributed by atoms with Gasteiger partial charge in [0.25, 0.3) is 0 Å². The summed E-state index contributed by atoms with van der Waals surface area (Å²) in [5.41, 5.74) is 0.224. The molecule has 0 aromatic carbocycles. The predicted octanol–water partition coefficient (Wildman–Crippen LogP) is 2.46. The lowest BCUT2D eigenvalue weighted by Gasteiger charge is -2.30. The second-order valence-corrected chi connectivity index (χ2v) is 5.59. The van der Waals surface area contributed by atoms with Gasteiger partial charge in [-0.05, 0) is 31.1 Å². The Morgan fingerprint density at radius 2 is 1.89 bits per heavy atom. The number of amides is 2. The van der Waals surface area contributed by atoms with Crippen molar-refractivity contribution >= 4 is 12.0 Å². The van der Waals surface area contributed by atoms with E-state index in [-0.39, 0.29) is 11.4 Å². The number of urea groups is 1. The van der Waals surface area contributed by atoms with Gasteiger partial charge in [-0.15, -0.1) is 0 Å². The highest BCUT2D eigenvalue weighted by atomic mass is 16.4. The second-order valence-electron chi connectivity index (χ2n) is 5.59. The van der Waals surface area contributed by atoms with Crippen LogP contribution in [0.15, 0.2) is 0 Å². The van der Waals surface area contributed by atoms with Crippen molar-refractivity contribution < 1.29 is 14.7 Å².